The number of aromatic nitrogens is 2. The molecule has 1 N–H and O–H groups in total. The van der Waals surface area contributed by atoms with Crippen molar-refractivity contribution < 1.29 is 23.0 Å². The predicted octanol–water partition coefficient (Wildman–Crippen LogP) is 3.31. The Morgan fingerprint density at radius 3 is 2.64 bits per heavy atom. The van der Waals surface area contributed by atoms with Crippen molar-refractivity contribution in [1.29, 1.82) is 0 Å². The molecule has 1 atom stereocenters. The van der Waals surface area contributed by atoms with Gasteiger partial charge in [0.2, 0.25) is 0 Å². The maximum Gasteiger partial charge on any atom is 0.387 e. The molecule has 6 nitrogen and oxygen atoms in total. The van der Waals surface area contributed by atoms with Gasteiger partial charge in [-0.05, 0) is 39.0 Å². The lowest BCUT2D eigenvalue weighted by Gasteiger charge is -2.15. The molecule has 25 heavy (non-hydrogen) atoms. The maximum atomic E-state index is 12.4. The molecule has 0 aliphatic rings. The van der Waals surface area contributed by atoms with Crippen LogP contribution < -0.4 is 14.8 Å². The van der Waals surface area contributed by atoms with Gasteiger partial charge in [0.05, 0.1) is 19.3 Å². The number of carbonyl (C=O) groups excluding carboxylic acids is 1. The third kappa shape index (κ3) is 4.26. The van der Waals surface area contributed by atoms with E-state index in [-0.39, 0.29) is 29.0 Å². The largest absolute Gasteiger partial charge is 0.493 e. The van der Waals surface area contributed by atoms with Crippen LogP contribution in [0.2, 0.25) is 0 Å². The zero-order valence-electron chi connectivity index (χ0n) is 14.5. The summed E-state index contributed by atoms with van der Waals surface area (Å²) in [6.45, 7) is 3.56. The van der Waals surface area contributed by atoms with Crippen molar-refractivity contribution in [3.05, 3.63) is 41.2 Å². The summed E-state index contributed by atoms with van der Waals surface area (Å²) in [6.07, 6.45) is 1.73. The van der Waals surface area contributed by atoms with Crippen LogP contribution in [-0.4, -0.2) is 29.4 Å². The summed E-state index contributed by atoms with van der Waals surface area (Å²) in [5.41, 5.74) is 2.18. The Balaban J connectivity index is 2.15. The second kappa shape index (κ2) is 7.96. The highest BCUT2D eigenvalue weighted by Gasteiger charge is 2.18. The molecular weight excluding hydrogens is 332 g/mol. The molecule has 1 aromatic carbocycles. The number of benzene rings is 1. The normalized spacial score (nSPS) is 12.1. The van der Waals surface area contributed by atoms with Crippen LogP contribution in [0.1, 0.15) is 41.5 Å². The Hall–Kier alpha value is -2.64. The van der Waals surface area contributed by atoms with Gasteiger partial charge < -0.3 is 14.8 Å². The Labute approximate surface area is 144 Å². The van der Waals surface area contributed by atoms with Gasteiger partial charge in [0.15, 0.2) is 11.5 Å². The second-order valence-corrected chi connectivity index (χ2v) is 5.44. The number of aryl methyl sites for hydroxylation is 1. The first kappa shape index (κ1) is 18.7. The van der Waals surface area contributed by atoms with E-state index in [4.69, 9.17) is 4.74 Å². The summed E-state index contributed by atoms with van der Waals surface area (Å²) in [5.74, 6) is -0.407. The number of hydrogen-bond acceptors (Lipinski definition) is 4. The van der Waals surface area contributed by atoms with E-state index in [9.17, 15) is 13.6 Å². The van der Waals surface area contributed by atoms with E-state index in [1.54, 1.807) is 6.20 Å². The van der Waals surface area contributed by atoms with Gasteiger partial charge in [0.1, 0.15) is 0 Å². The Kier molecular flexibility index (Phi) is 5.95. The molecule has 0 bridgehead atoms. The Morgan fingerprint density at radius 1 is 1.36 bits per heavy atom. The number of nitrogens with zero attached hydrogens (tertiary/aromatic N) is 2. The third-order valence-corrected chi connectivity index (χ3v) is 3.90. The molecule has 0 aliphatic heterocycles. The molecule has 136 valence electrons. The molecule has 0 spiro atoms. The minimum absolute atomic E-state index is 0.0654. The number of carbonyl (C=O) groups is 1. The fourth-order valence-corrected chi connectivity index (χ4v) is 2.56. The van der Waals surface area contributed by atoms with E-state index in [1.807, 2.05) is 25.5 Å². The van der Waals surface area contributed by atoms with E-state index in [0.29, 0.717) is 0 Å². The van der Waals surface area contributed by atoms with Gasteiger partial charge in [0.25, 0.3) is 5.91 Å². The van der Waals surface area contributed by atoms with Crippen LogP contribution in [-0.2, 0) is 6.54 Å². The molecule has 0 saturated carbocycles. The second-order valence-electron chi connectivity index (χ2n) is 5.44. The molecule has 8 heteroatoms. The monoisotopic (exact) mass is 353 g/mol. The molecule has 1 heterocycles. The van der Waals surface area contributed by atoms with Gasteiger partial charge in [0, 0.05) is 23.4 Å². The van der Waals surface area contributed by atoms with Crippen molar-refractivity contribution >= 4 is 5.91 Å². The van der Waals surface area contributed by atoms with Crippen LogP contribution in [0.4, 0.5) is 8.78 Å². The van der Waals surface area contributed by atoms with Gasteiger partial charge in [-0.15, -0.1) is 0 Å². The van der Waals surface area contributed by atoms with Crippen LogP contribution in [0.25, 0.3) is 0 Å². The first-order chi connectivity index (χ1) is 11.9. The summed E-state index contributed by atoms with van der Waals surface area (Å²) in [4.78, 5) is 12.4. The number of halogens is 2. The van der Waals surface area contributed by atoms with Crippen molar-refractivity contribution in [2.24, 2.45) is 0 Å². The van der Waals surface area contributed by atoms with Crippen LogP contribution in [0.3, 0.4) is 0 Å². The number of nitrogens with one attached hydrogen (secondary N) is 1. The van der Waals surface area contributed by atoms with Gasteiger partial charge in [-0.25, -0.2) is 0 Å². The van der Waals surface area contributed by atoms with Crippen molar-refractivity contribution in [2.75, 3.05) is 7.11 Å². The summed E-state index contributed by atoms with van der Waals surface area (Å²) >= 11 is 0. The average molecular weight is 353 g/mol. The van der Waals surface area contributed by atoms with Crippen molar-refractivity contribution in [1.82, 2.24) is 15.1 Å². The summed E-state index contributed by atoms with van der Waals surface area (Å²) in [5, 5.41) is 7.13. The van der Waals surface area contributed by atoms with Crippen LogP contribution in [0.5, 0.6) is 11.5 Å². The highest BCUT2D eigenvalue weighted by Crippen LogP contribution is 2.29. The lowest BCUT2D eigenvalue weighted by atomic mass is 10.1. The first-order valence-electron chi connectivity index (χ1n) is 7.83. The Bertz CT molecular complexity index is 747. The van der Waals surface area contributed by atoms with Gasteiger partial charge in [-0.1, -0.05) is 0 Å². The molecule has 2 rings (SSSR count). The van der Waals surface area contributed by atoms with Crippen molar-refractivity contribution in [3.8, 4) is 11.5 Å². The number of ether oxygens (including phenoxy) is 2. The average Bonchev–Trinajstić information content (AvgIpc) is 2.95. The highest BCUT2D eigenvalue weighted by molar-refractivity contribution is 5.95. The van der Waals surface area contributed by atoms with Crippen LogP contribution in [0.15, 0.2) is 24.4 Å². The lowest BCUT2D eigenvalue weighted by molar-refractivity contribution is -0.0512. The third-order valence-electron chi connectivity index (χ3n) is 3.90. The predicted molar refractivity (Wildman–Crippen MR) is 88.1 cm³/mol. The molecule has 0 aliphatic carbocycles. The smallest absolute Gasteiger partial charge is 0.387 e. The zero-order valence-corrected chi connectivity index (χ0v) is 14.5. The highest BCUT2D eigenvalue weighted by atomic mass is 19.3. The summed E-state index contributed by atoms with van der Waals surface area (Å²) in [6, 6.07) is 3.80. The zero-order chi connectivity index (χ0) is 18.6. The first-order valence-corrected chi connectivity index (χ1v) is 7.83. The number of amides is 1. The minimum Gasteiger partial charge on any atom is -0.493 e. The minimum atomic E-state index is -2.97. The van der Waals surface area contributed by atoms with Crippen LogP contribution >= 0.6 is 0 Å². The molecule has 1 amide bonds. The standard InChI is InChI=1S/C17H21F2N3O3/c1-5-22-11(3)13(9-20-22)10(2)21-16(23)12-6-7-14(25-17(18)19)15(8-12)24-4/h6-10,17H,5H2,1-4H3,(H,21,23). The van der Waals surface area contributed by atoms with Gasteiger partial charge >= 0.3 is 6.61 Å². The molecule has 1 unspecified atom stereocenters. The number of rotatable bonds is 7. The molecule has 0 radical (unpaired) electrons. The maximum absolute atomic E-state index is 12.4. The molecule has 2 aromatic rings. The van der Waals surface area contributed by atoms with E-state index >= 15 is 0 Å². The SMILES string of the molecule is CCn1ncc(C(C)NC(=O)c2ccc(OC(F)F)c(OC)c2)c1C. The van der Waals surface area contributed by atoms with E-state index < -0.39 is 6.61 Å². The topological polar surface area (TPSA) is 65.4 Å². The van der Waals surface area contributed by atoms with Crippen LogP contribution in [0, 0.1) is 6.92 Å². The number of methoxy groups -OCH3 is 1. The molecular formula is C17H21F2N3O3. The number of hydrogen-bond donors (Lipinski definition) is 1. The quantitative estimate of drug-likeness (QED) is 0.829. The van der Waals surface area contributed by atoms with E-state index in [0.717, 1.165) is 17.8 Å². The fourth-order valence-electron chi connectivity index (χ4n) is 2.56. The molecule has 0 saturated heterocycles. The summed E-state index contributed by atoms with van der Waals surface area (Å²) < 4.78 is 35.9. The van der Waals surface area contributed by atoms with Crippen molar-refractivity contribution in [2.45, 2.75) is 40.0 Å². The van der Waals surface area contributed by atoms with E-state index in [1.165, 1.54) is 25.3 Å². The summed E-state index contributed by atoms with van der Waals surface area (Å²) in [7, 11) is 1.32. The lowest BCUT2D eigenvalue weighted by Crippen LogP contribution is -2.27. The van der Waals surface area contributed by atoms with Gasteiger partial charge in [-0.2, -0.15) is 13.9 Å². The van der Waals surface area contributed by atoms with E-state index in [2.05, 4.69) is 15.2 Å². The van der Waals surface area contributed by atoms with Crippen molar-refractivity contribution in [3.63, 3.8) is 0 Å². The fraction of sp³-hybridized carbons (Fsp3) is 0.412. The van der Waals surface area contributed by atoms with Gasteiger partial charge in [-0.3, -0.25) is 9.48 Å². The Morgan fingerprint density at radius 2 is 2.08 bits per heavy atom. The number of alkyl halides is 2. The molecule has 0 fully saturated rings. The molecule has 1 aromatic heterocycles.